The van der Waals surface area contributed by atoms with Gasteiger partial charge in [0.05, 0.1) is 13.2 Å². The molecule has 15 heavy (non-hydrogen) atoms. The summed E-state index contributed by atoms with van der Waals surface area (Å²) in [7, 11) is 0. The van der Waals surface area contributed by atoms with Crippen LogP contribution >= 0.6 is 0 Å². The molecule has 0 aromatic carbocycles. The van der Waals surface area contributed by atoms with E-state index in [2.05, 4.69) is 12.3 Å². The van der Waals surface area contributed by atoms with E-state index in [0.29, 0.717) is 18.9 Å². The van der Waals surface area contributed by atoms with Crippen LogP contribution in [0.15, 0.2) is 0 Å². The van der Waals surface area contributed by atoms with Crippen LogP contribution in [0.4, 0.5) is 0 Å². The van der Waals surface area contributed by atoms with Crippen LogP contribution in [0.1, 0.15) is 39.0 Å². The van der Waals surface area contributed by atoms with Crippen molar-refractivity contribution in [2.75, 3.05) is 13.2 Å². The molecule has 86 valence electrons. The molecule has 1 atom stereocenters. The lowest BCUT2D eigenvalue weighted by Gasteiger charge is -2.31. The summed E-state index contributed by atoms with van der Waals surface area (Å²) in [5, 5.41) is 10.4. The molecule has 2 N–H and O–H groups in total. The molecule has 0 spiro atoms. The fourth-order valence-corrected chi connectivity index (χ4v) is 2.90. The first-order valence-corrected chi connectivity index (χ1v) is 5.85. The Bertz CT molecular complexity index is 251. The Labute approximate surface area is 90.6 Å². The first kappa shape index (κ1) is 10.9. The summed E-state index contributed by atoms with van der Waals surface area (Å²) in [6, 6.07) is 0. The van der Waals surface area contributed by atoms with E-state index < -0.39 is 0 Å². The van der Waals surface area contributed by atoms with Gasteiger partial charge in [0.1, 0.15) is 0 Å². The van der Waals surface area contributed by atoms with Crippen molar-refractivity contribution in [3.05, 3.63) is 0 Å². The summed E-state index contributed by atoms with van der Waals surface area (Å²) in [4.78, 5) is 11.7. The summed E-state index contributed by atoms with van der Waals surface area (Å²) in [5.74, 6) is 0.739. The van der Waals surface area contributed by atoms with Gasteiger partial charge in [-0.05, 0) is 25.7 Å². The number of hydrazine groups is 1. The molecule has 0 aromatic heterocycles. The number of rotatable bonds is 3. The number of nitrogens with one attached hydrogen (secondary N) is 1. The number of carbonyl (C=O) groups excluding carboxylic acids is 1. The summed E-state index contributed by atoms with van der Waals surface area (Å²) < 4.78 is 0. The molecular weight excluding hydrogens is 192 g/mol. The van der Waals surface area contributed by atoms with E-state index >= 15 is 0 Å². The molecule has 0 radical (unpaired) electrons. The van der Waals surface area contributed by atoms with Gasteiger partial charge in [0.2, 0.25) is 5.91 Å². The van der Waals surface area contributed by atoms with E-state index in [-0.39, 0.29) is 18.1 Å². The van der Waals surface area contributed by atoms with Crippen LogP contribution < -0.4 is 5.43 Å². The van der Waals surface area contributed by atoms with Crippen molar-refractivity contribution in [3.8, 4) is 0 Å². The molecule has 1 saturated heterocycles. The highest BCUT2D eigenvalue weighted by molar-refractivity contribution is 5.79. The van der Waals surface area contributed by atoms with Crippen molar-refractivity contribution >= 4 is 5.91 Å². The molecule has 2 fully saturated rings. The quantitative estimate of drug-likeness (QED) is 0.722. The Hall–Kier alpha value is -0.610. The van der Waals surface area contributed by atoms with Crippen molar-refractivity contribution in [1.82, 2.24) is 10.4 Å². The molecule has 2 rings (SSSR count). The van der Waals surface area contributed by atoms with E-state index in [1.165, 1.54) is 25.7 Å². The molecular formula is C11H20N2O2. The maximum absolute atomic E-state index is 11.7. The van der Waals surface area contributed by atoms with Crippen LogP contribution in [0.3, 0.4) is 0 Å². The van der Waals surface area contributed by atoms with Crippen LogP contribution in [0.25, 0.3) is 0 Å². The first-order chi connectivity index (χ1) is 7.15. The zero-order chi connectivity index (χ0) is 10.9. The van der Waals surface area contributed by atoms with Gasteiger partial charge in [-0.2, -0.15) is 0 Å². The molecule has 1 saturated carbocycles. The third-order valence-corrected chi connectivity index (χ3v) is 3.79. The molecule has 1 amide bonds. The number of nitrogens with zero attached hydrogens (tertiary/aromatic N) is 1. The van der Waals surface area contributed by atoms with E-state index in [9.17, 15) is 4.79 Å². The highest BCUT2D eigenvalue weighted by atomic mass is 16.3. The Kier molecular flexibility index (Phi) is 2.98. The summed E-state index contributed by atoms with van der Waals surface area (Å²) in [5.41, 5.74) is 3.22. The molecule has 1 aliphatic carbocycles. The summed E-state index contributed by atoms with van der Waals surface area (Å²) >= 11 is 0. The van der Waals surface area contributed by atoms with Crippen molar-refractivity contribution in [3.63, 3.8) is 0 Å². The number of aliphatic hydroxyl groups excluding tert-OH is 1. The summed E-state index contributed by atoms with van der Waals surface area (Å²) in [6.45, 7) is 2.57. The van der Waals surface area contributed by atoms with Crippen LogP contribution in [-0.2, 0) is 4.79 Å². The Morgan fingerprint density at radius 3 is 2.80 bits per heavy atom. The molecule has 1 heterocycles. The van der Waals surface area contributed by atoms with E-state index in [4.69, 9.17) is 5.11 Å². The molecule has 0 aromatic rings. The van der Waals surface area contributed by atoms with Gasteiger partial charge in [0.25, 0.3) is 0 Å². The maximum Gasteiger partial charge on any atom is 0.238 e. The van der Waals surface area contributed by atoms with Crippen molar-refractivity contribution in [2.45, 2.75) is 44.6 Å². The smallest absolute Gasteiger partial charge is 0.238 e. The first-order valence-electron chi connectivity index (χ1n) is 5.85. The van der Waals surface area contributed by atoms with Gasteiger partial charge in [-0.15, -0.1) is 0 Å². The third kappa shape index (κ3) is 2.01. The fourth-order valence-electron chi connectivity index (χ4n) is 2.90. The average molecular weight is 212 g/mol. The second kappa shape index (κ2) is 4.10. The Balaban J connectivity index is 2.01. The summed E-state index contributed by atoms with van der Waals surface area (Å²) in [6.07, 6.45) is 5.61. The third-order valence-electron chi connectivity index (χ3n) is 3.79. The van der Waals surface area contributed by atoms with Gasteiger partial charge in [-0.3, -0.25) is 9.80 Å². The van der Waals surface area contributed by atoms with Crippen molar-refractivity contribution in [2.24, 2.45) is 5.92 Å². The van der Waals surface area contributed by atoms with Crippen LogP contribution in [0.2, 0.25) is 0 Å². The van der Waals surface area contributed by atoms with Gasteiger partial charge in [0, 0.05) is 12.0 Å². The second-order valence-corrected chi connectivity index (χ2v) is 4.96. The number of hydrogen-bond acceptors (Lipinski definition) is 3. The number of β-amino-alcohol motifs (C(OH)–C–C–N with tert-alkyl or cyclic N) is 1. The molecule has 4 heteroatoms. The molecule has 1 aliphatic heterocycles. The predicted molar refractivity (Wildman–Crippen MR) is 56.9 cm³/mol. The van der Waals surface area contributed by atoms with Gasteiger partial charge in [-0.25, -0.2) is 5.43 Å². The van der Waals surface area contributed by atoms with E-state index in [1.807, 2.05) is 0 Å². The zero-order valence-electron chi connectivity index (χ0n) is 9.33. The van der Waals surface area contributed by atoms with Gasteiger partial charge in [0.15, 0.2) is 0 Å². The lowest BCUT2D eigenvalue weighted by atomic mass is 9.83. The van der Waals surface area contributed by atoms with Gasteiger partial charge < -0.3 is 5.11 Å². The van der Waals surface area contributed by atoms with Crippen LogP contribution in [-0.4, -0.2) is 34.7 Å². The van der Waals surface area contributed by atoms with Crippen molar-refractivity contribution < 1.29 is 9.90 Å². The number of aliphatic hydroxyl groups is 1. The van der Waals surface area contributed by atoms with Crippen LogP contribution in [0.5, 0.6) is 0 Å². The van der Waals surface area contributed by atoms with Gasteiger partial charge >= 0.3 is 0 Å². The SMILES string of the molecule is CC1(C2CCCC2)CC(=O)N(CCO)N1. The second-order valence-electron chi connectivity index (χ2n) is 4.96. The number of hydrogen-bond donors (Lipinski definition) is 2. The minimum atomic E-state index is -0.0667. The Morgan fingerprint density at radius 1 is 1.53 bits per heavy atom. The zero-order valence-corrected chi connectivity index (χ0v) is 9.33. The fraction of sp³-hybridized carbons (Fsp3) is 0.909. The largest absolute Gasteiger partial charge is 0.394 e. The standard InChI is InChI=1S/C11H20N2O2/c1-11(9-4-2-3-5-9)8-10(15)13(12-11)6-7-14/h9,12,14H,2-8H2,1H3. The topological polar surface area (TPSA) is 52.6 Å². The highest BCUT2D eigenvalue weighted by Gasteiger charge is 2.44. The molecule has 4 nitrogen and oxygen atoms in total. The maximum atomic E-state index is 11.7. The number of amides is 1. The average Bonchev–Trinajstić information content (AvgIpc) is 2.77. The number of carbonyl (C=O) groups is 1. The van der Waals surface area contributed by atoms with Gasteiger partial charge in [-0.1, -0.05) is 12.8 Å². The Morgan fingerprint density at radius 2 is 2.20 bits per heavy atom. The van der Waals surface area contributed by atoms with Crippen molar-refractivity contribution in [1.29, 1.82) is 0 Å². The van der Waals surface area contributed by atoms with E-state index in [1.54, 1.807) is 5.01 Å². The lowest BCUT2D eigenvalue weighted by molar-refractivity contribution is -0.130. The lowest BCUT2D eigenvalue weighted by Crippen LogP contribution is -2.49. The monoisotopic (exact) mass is 212 g/mol. The minimum Gasteiger partial charge on any atom is -0.394 e. The highest BCUT2D eigenvalue weighted by Crippen LogP contribution is 2.38. The molecule has 0 bridgehead atoms. The van der Waals surface area contributed by atoms with Crippen LogP contribution in [0, 0.1) is 5.92 Å². The predicted octanol–water partition coefficient (Wildman–Crippen LogP) is 0.664. The van der Waals surface area contributed by atoms with E-state index in [0.717, 1.165) is 0 Å². The minimum absolute atomic E-state index is 0.0273. The normalized spacial score (nSPS) is 32.9. The molecule has 1 unspecified atom stereocenters. The molecule has 2 aliphatic rings.